The number of rotatable bonds is 6. The Morgan fingerprint density at radius 1 is 1.47 bits per heavy atom. The van der Waals surface area contributed by atoms with Crippen molar-refractivity contribution in [1.29, 1.82) is 0 Å². The molecule has 2 rings (SSSR count). The minimum Gasteiger partial charge on any atom is -0.309 e. The van der Waals surface area contributed by atoms with Gasteiger partial charge in [0.1, 0.15) is 11.3 Å². The SMILES string of the molecule is CCSCC(C)n1c(CCCl)nc2cc(C)cnc21. The zero-order valence-corrected chi connectivity index (χ0v) is 13.3. The number of fused-ring (bicyclic) bond motifs is 1. The van der Waals surface area contributed by atoms with Crippen LogP contribution in [0, 0.1) is 6.92 Å². The van der Waals surface area contributed by atoms with E-state index in [4.69, 9.17) is 16.6 Å². The van der Waals surface area contributed by atoms with Crippen molar-refractivity contribution in [1.82, 2.24) is 14.5 Å². The van der Waals surface area contributed by atoms with Crippen molar-refractivity contribution in [2.45, 2.75) is 33.2 Å². The first-order valence-corrected chi connectivity index (χ1v) is 8.33. The first kappa shape index (κ1) is 14.7. The highest BCUT2D eigenvalue weighted by molar-refractivity contribution is 7.99. The molecule has 0 aliphatic heterocycles. The van der Waals surface area contributed by atoms with E-state index in [0.717, 1.165) is 40.5 Å². The predicted octanol–water partition coefficient (Wildman–Crippen LogP) is 3.84. The molecule has 5 heteroatoms. The summed E-state index contributed by atoms with van der Waals surface area (Å²) in [5, 5.41) is 0. The number of hydrogen-bond donors (Lipinski definition) is 0. The van der Waals surface area contributed by atoms with Crippen LogP contribution in [0.15, 0.2) is 12.3 Å². The van der Waals surface area contributed by atoms with Gasteiger partial charge in [0.15, 0.2) is 5.65 Å². The van der Waals surface area contributed by atoms with Crippen molar-refractivity contribution in [2.24, 2.45) is 0 Å². The van der Waals surface area contributed by atoms with Gasteiger partial charge in [-0.3, -0.25) is 0 Å². The van der Waals surface area contributed by atoms with Gasteiger partial charge in [0.2, 0.25) is 0 Å². The van der Waals surface area contributed by atoms with Gasteiger partial charge in [-0.05, 0) is 31.2 Å². The number of pyridine rings is 1. The molecule has 0 amide bonds. The van der Waals surface area contributed by atoms with Crippen LogP contribution in [-0.2, 0) is 6.42 Å². The van der Waals surface area contributed by atoms with Crippen molar-refractivity contribution in [3.05, 3.63) is 23.7 Å². The summed E-state index contributed by atoms with van der Waals surface area (Å²) in [6.07, 6.45) is 2.70. The van der Waals surface area contributed by atoms with E-state index >= 15 is 0 Å². The van der Waals surface area contributed by atoms with E-state index in [1.807, 2.05) is 24.9 Å². The Balaban J connectivity index is 2.45. The molecule has 3 nitrogen and oxygen atoms in total. The van der Waals surface area contributed by atoms with Gasteiger partial charge in [0.25, 0.3) is 0 Å². The molecule has 1 atom stereocenters. The molecule has 2 heterocycles. The minimum atomic E-state index is 0.392. The third kappa shape index (κ3) is 3.23. The molecule has 0 bridgehead atoms. The Labute approximate surface area is 123 Å². The third-order valence-electron chi connectivity index (χ3n) is 3.06. The van der Waals surface area contributed by atoms with Gasteiger partial charge in [0.05, 0.1) is 0 Å². The Kier molecular flexibility index (Phi) is 5.11. The Hall–Kier alpha value is -0.740. The van der Waals surface area contributed by atoms with Crippen molar-refractivity contribution >= 4 is 34.5 Å². The summed E-state index contributed by atoms with van der Waals surface area (Å²) < 4.78 is 2.25. The summed E-state index contributed by atoms with van der Waals surface area (Å²) in [4.78, 5) is 9.26. The van der Waals surface area contributed by atoms with Crippen LogP contribution < -0.4 is 0 Å². The number of hydrogen-bond acceptors (Lipinski definition) is 3. The maximum atomic E-state index is 5.90. The number of alkyl halides is 1. The predicted molar refractivity (Wildman–Crippen MR) is 84.4 cm³/mol. The number of thioether (sulfide) groups is 1. The molecule has 19 heavy (non-hydrogen) atoms. The zero-order valence-electron chi connectivity index (χ0n) is 11.7. The lowest BCUT2D eigenvalue weighted by molar-refractivity contribution is 0.593. The van der Waals surface area contributed by atoms with Crippen LogP contribution in [0.25, 0.3) is 11.2 Å². The average Bonchev–Trinajstić information content (AvgIpc) is 2.73. The van der Waals surface area contributed by atoms with Crippen LogP contribution in [0.5, 0.6) is 0 Å². The van der Waals surface area contributed by atoms with Crippen LogP contribution in [0.3, 0.4) is 0 Å². The Morgan fingerprint density at radius 2 is 2.26 bits per heavy atom. The largest absolute Gasteiger partial charge is 0.309 e. The fourth-order valence-corrected chi connectivity index (χ4v) is 3.11. The summed E-state index contributed by atoms with van der Waals surface area (Å²) in [6, 6.07) is 2.49. The van der Waals surface area contributed by atoms with E-state index in [9.17, 15) is 0 Å². The second-order valence-electron chi connectivity index (χ2n) is 4.70. The van der Waals surface area contributed by atoms with E-state index in [1.165, 1.54) is 0 Å². The van der Waals surface area contributed by atoms with E-state index < -0.39 is 0 Å². The number of nitrogens with zero attached hydrogens (tertiary/aromatic N) is 3. The lowest BCUT2D eigenvalue weighted by atomic mass is 10.3. The fraction of sp³-hybridized carbons (Fsp3) is 0.571. The molecule has 0 aliphatic carbocycles. The number of imidazole rings is 1. The molecule has 2 aromatic heterocycles. The summed E-state index contributed by atoms with van der Waals surface area (Å²) in [5.74, 6) is 3.85. The molecule has 0 saturated carbocycles. The number of aromatic nitrogens is 3. The lowest BCUT2D eigenvalue weighted by Crippen LogP contribution is -2.13. The molecular formula is C14H20ClN3S. The molecular weight excluding hydrogens is 278 g/mol. The van der Waals surface area contributed by atoms with Crippen molar-refractivity contribution in [3.8, 4) is 0 Å². The molecule has 2 aromatic rings. The molecule has 0 spiro atoms. The topological polar surface area (TPSA) is 30.7 Å². The van der Waals surface area contributed by atoms with Gasteiger partial charge >= 0.3 is 0 Å². The van der Waals surface area contributed by atoms with Gasteiger partial charge in [-0.2, -0.15) is 11.8 Å². The summed E-state index contributed by atoms with van der Waals surface area (Å²) in [6.45, 7) is 6.46. The fourth-order valence-electron chi connectivity index (χ4n) is 2.22. The third-order valence-corrected chi connectivity index (χ3v) is 4.38. The standard InChI is InChI=1S/C14H20ClN3S/c1-4-19-9-11(3)18-13(5-6-15)17-12-7-10(2)8-16-14(12)18/h7-8,11H,4-6,9H2,1-3H3. The molecule has 0 saturated heterocycles. The van der Waals surface area contributed by atoms with Gasteiger partial charge in [-0.25, -0.2) is 9.97 Å². The van der Waals surface area contributed by atoms with Crippen LogP contribution in [0.1, 0.15) is 31.3 Å². The molecule has 0 radical (unpaired) electrons. The second kappa shape index (κ2) is 6.62. The molecule has 0 aromatic carbocycles. The molecule has 0 N–H and O–H groups in total. The highest BCUT2D eigenvalue weighted by Gasteiger charge is 2.16. The molecule has 104 valence electrons. The first-order valence-electron chi connectivity index (χ1n) is 6.64. The Bertz CT molecular complexity index is 553. The maximum absolute atomic E-state index is 5.90. The quantitative estimate of drug-likeness (QED) is 0.759. The molecule has 0 aliphatic rings. The van der Waals surface area contributed by atoms with Crippen LogP contribution in [0.2, 0.25) is 0 Å². The number of aryl methyl sites for hydroxylation is 2. The summed E-state index contributed by atoms with van der Waals surface area (Å²) in [5.41, 5.74) is 3.11. The van der Waals surface area contributed by atoms with E-state index in [1.54, 1.807) is 0 Å². The van der Waals surface area contributed by atoms with Crippen molar-refractivity contribution in [3.63, 3.8) is 0 Å². The van der Waals surface area contributed by atoms with E-state index in [0.29, 0.717) is 11.9 Å². The number of halogens is 1. The minimum absolute atomic E-state index is 0.392. The van der Waals surface area contributed by atoms with Gasteiger partial charge in [-0.1, -0.05) is 6.92 Å². The summed E-state index contributed by atoms with van der Waals surface area (Å²) >= 11 is 7.84. The molecule has 1 unspecified atom stereocenters. The molecule has 0 fully saturated rings. The maximum Gasteiger partial charge on any atom is 0.160 e. The van der Waals surface area contributed by atoms with E-state index in [-0.39, 0.29) is 0 Å². The Morgan fingerprint density at radius 3 is 2.95 bits per heavy atom. The van der Waals surface area contributed by atoms with Gasteiger partial charge < -0.3 is 4.57 Å². The highest BCUT2D eigenvalue weighted by atomic mass is 35.5. The highest BCUT2D eigenvalue weighted by Crippen LogP contribution is 2.23. The van der Waals surface area contributed by atoms with E-state index in [2.05, 4.69) is 29.5 Å². The normalized spacial score (nSPS) is 13.1. The van der Waals surface area contributed by atoms with Crippen LogP contribution >= 0.6 is 23.4 Å². The van der Waals surface area contributed by atoms with Crippen molar-refractivity contribution in [2.75, 3.05) is 17.4 Å². The average molecular weight is 298 g/mol. The first-order chi connectivity index (χ1) is 9.17. The monoisotopic (exact) mass is 297 g/mol. The van der Waals surface area contributed by atoms with Crippen molar-refractivity contribution < 1.29 is 0 Å². The van der Waals surface area contributed by atoms with Crippen LogP contribution in [0.4, 0.5) is 0 Å². The summed E-state index contributed by atoms with van der Waals surface area (Å²) in [7, 11) is 0. The van der Waals surface area contributed by atoms with Gasteiger partial charge in [0, 0.05) is 30.3 Å². The zero-order chi connectivity index (χ0) is 13.8. The lowest BCUT2D eigenvalue weighted by Gasteiger charge is -2.16. The van der Waals surface area contributed by atoms with Crippen LogP contribution in [-0.4, -0.2) is 31.9 Å². The smallest absolute Gasteiger partial charge is 0.160 e. The van der Waals surface area contributed by atoms with Gasteiger partial charge in [-0.15, -0.1) is 11.6 Å². The second-order valence-corrected chi connectivity index (χ2v) is 6.40.